The van der Waals surface area contributed by atoms with E-state index in [1.807, 2.05) is 48.3 Å². The first-order chi connectivity index (χ1) is 16.5. The van der Waals surface area contributed by atoms with Gasteiger partial charge in [-0.15, -0.1) is 0 Å². The van der Waals surface area contributed by atoms with E-state index in [-0.39, 0.29) is 25.0 Å². The predicted molar refractivity (Wildman–Crippen MR) is 125 cm³/mol. The number of halogens is 1. The highest BCUT2D eigenvalue weighted by Crippen LogP contribution is 2.37. The zero-order valence-corrected chi connectivity index (χ0v) is 18.6. The second-order valence-corrected chi connectivity index (χ2v) is 8.29. The number of aromatic nitrogens is 1. The van der Waals surface area contributed by atoms with Crippen molar-refractivity contribution in [3.8, 4) is 11.5 Å². The number of hydrogen-bond acceptors (Lipinski definition) is 5. The maximum absolute atomic E-state index is 14.2. The summed E-state index contributed by atoms with van der Waals surface area (Å²) in [6.07, 6.45) is 5.77. The van der Waals surface area contributed by atoms with Crippen molar-refractivity contribution in [1.29, 1.82) is 0 Å². The van der Waals surface area contributed by atoms with Gasteiger partial charge in [-0.3, -0.25) is 19.3 Å². The second-order valence-electron chi connectivity index (χ2n) is 8.29. The molecule has 3 aromatic rings. The fraction of sp³-hybridized carbons (Fsp3) is 0.231. The molecule has 174 valence electrons. The van der Waals surface area contributed by atoms with Crippen LogP contribution in [0.5, 0.6) is 11.5 Å². The summed E-state index contributed by atoms with van der Waals surface area (Å²) in [5.74, 6) is -1.08. The minimum Gasteiger partial charge on any atom is -0.502 e. The molecule has 1 aromatic heterocycles. The van der Waals surface area contributed by atoms with Crippen LogP contribution in [0.1, 0.15) is 41.0 Å². The van der Waals surface area contributed by atoms with Crippen LogP contribution < -0.4 is 15.2 Å². The molecule has 0 fully saturated rings. The van der Waals surface area contributed by atoms with Crippen molar-refractivity contribution >= 4 is 5.91 Å². The topological polar surface area (TPSA) is 75.0 Å². The van der Waals surface area contributed by atoms with Gasteiger partial charge in [0.25, 0.3) is 5.91 Å². The summed E-state index contributed by atoms with van der Waals surface area (Å²) in [5, 5.41) is 12.5. The molecule has 1 N–H and O–H groups in total. The van der Waals surface area contributed by atoms with Gasteiger partial charge in [0, 0.05) is 23.9 Å². The Hall–Kier alpha value is -4.07. The van der Waals surface area contributed by atoms with Gasteiger partial charge < -0.3 is 14.7 Å². The van der Waals surface area contributed by atoms with Crippen LogP contribution in [0.3, 0.4) is 0 Å². The molecule has 0 aliphatic carbocycles. The first-order valence-electron chi connectivity index (χ1n) is 11.2. The lowest BCUT2D eigenvalue weighted by Gasteiger charge is -2.45. The summed E-state index contributed by atoms with van der Waals surface area (Å²) in [6.45, 7) is 2.33. The Kier molecular flexibility index (Phi) is 5.57. The number of pyridine rings is 1. The molecule has 8 heteroatoms. The number of amides is 1. The molecule has 34 heavy (non-hydrogen) atoms. The van der Waals surface area contributed by atoms with Gasteiger partial charge in [-0.2, -0.15) is 0 Å². The number of fused-ring (bicyclic) bond motifs is 5. The van der Waals surface area contributed by atoms with E-state index in [1.165, 1.54) is 29.1 Å². The monoisotopic (exact) mass is 461 g/mol. The average molecular weight is 461 g/mol. The quantitative estimate of drug-likeness (QED) is 0.591. The van der Waals surface area contributed by atoms with Gasteiger partial charge in [0.05, 0.1) is 6.04 Å². The van der Waals surface area contributed by atoms with Crippen LogP contribution in [-0.4, -0.2) is 39.9 Å². The second kappa shape index (κ2) is 8.70. The van der Waals surface area contributed by atoms with Crippen LogP contribution in [0, 0.1) is 5.82 Å². The molecule has 2 bridgehead atoms. The van der Waals surface area contributed by atoms with Crippen molar-refractivity contribution < 1.29 is 19.0 Å². The molecule has 1 amide bonds. The van der Waals surface area contributed by atoms with Crippen molar-refractivity contribution in [2.45, 2.75) is 25.4 Å². The highest BCUT2D eigenvalue weighted by Gasteiger charge is 2.39. The predicted octanol–water partition coefficient (Wildman–Crippen LogP) is 3.56. The van der Waals surface area contributed by atoms with Crippen LogP contribution >= 0.6 is 0 Å². The normalized spacial score (nSPS) is 20.6. The first-order valence-corrected chi connectivity index (χ1v) is 11.2. The molecule has 0 unspecified atom stereocenters. The fourth-order valence-corrected chi connectivity index (χ4v) is 4.63. The molecule has 0 spiro atoms. The molecule has 2 aliphatic heterocycles. The van der Waals surface area contributed by atoms with E-state index in [2.05, 4.69) is 0 Å². The minimum atomic E-state index is -0.628. The smallest absolute Gasteiger partial charge is 0.278 e. The molecule has 3 heterocycles. The van der Waals surface area contributed by atoms with Crippen LogP contribution in [0.2, 0.25) is 0 Å². The third-order valence-corrected chi connectivity index (χ3v) is 6.29. The van der Waals surface area contributed by atoms with E-state index in [9.17, 15) is 19.1 Å². The summed E-state index contributed by atoms with van der Waals surface area (Å²) in [7, 11) is 0. The maximum Gasteiger partial charge on any atom is 0.278 e. The van der Waals surface area contributed by atoms with E-state index >= 15 is 0 Å². The Morgan fingerprint density at radius 2 is 1.91 bits per heavy atom. The molecular weight excluding hydrogens is 437 g/mol. The number of benzene rings is 2. The van der Waals surface area contributed by atoms with Crippen LogP contribution in [0.15, 0.2) is 77.7 Å². The third kappa shape index (κ3) is 3.61. The molecule has 2 atom stereocenters. The minimum absolute atomic E-state index is 0.102. The molecular formula is C26H24FN3O4. The van der Waals surface area contributed by atoms with E-state index in [0.717, 1.165) is 5.56 Å². The molecule has 2 aliphatic rings. The highest BCUT2D eigenvalue weighted by atomic mass is 19.1. The Bertz CT molecular complexity index is 1320. The van der Waals surface area contributed by atoms with Crippen LogP contribution in [0.25, 0.3) is 0 Å². The Labute approximate surface area is 195 Å². The lowest BCUT2D eigenvalue weighted by Crippen LogP contribution is -2.57. The van der Waals surface area contributed by atoms with E-state index in [0.29, 0.717) is 17.7 Å². The van der Waals surface area contributed by atoms with Crippen molar-refractivity contribution in [1.82, 2.24) is 9.58 Å². The fourth-order valence-electron chi connectivity index (χ4n) is 4.63. The molecule has 0 radical (unpaired) electrons. The van der Waals surface area contributed by atoms with Crippen molar-refractivity contribution in [2.75, 3.05) is 18.3 Å². The zero-order chi connectivity index (χ0) is 23.8. The van der Waals surface area contributed by atoms with E-state index in [4.69, 9.17) is 4.74 Å². The first kappa shape index (κ1) is 21.8. The van der Waals surface area contributed by atoms with Gasteiger partial charge in [-0.25, -0.2) is 4.39 Å². The standard InChI is InChI=1S/C26H24FN3O4/c1-2-19-9-6-14-34-22-15-18(27)10-11-20(22)23(17-7-4-3-5-8-17)30-16-28(19)26(33)24-25(32)21(31)12-13-29(24)30/h3-13,15,19,23,32H,2,14,16H2,1H3/b9-6+/t19-,23+/m1/s1. The van der Waals surface area contributed by atoms with Crippen molar-refractivity contribution in [3.63, 3.8) is 0 Å². The Morgan fingerprint density at radius 1 is 1.12 bits per heavy atom. The lowest BCUT2D eigenvalue weighted by molar-refractivity contribution is 0.0626. The molecule has 7 nitrogen and oxygen atoms in total. The van der Waals surface area contributed by atoms with Crippen LogP contribution in [0.4, 0.5) is 4.39 Å². The van der Waals surface area contributed by atoms with Crippen molar-refractivity contribution in [2.24, 2.45) is 0 Å². The maximum atomic E-state index is 14.2. The zero-order valence-electron chi connectivity index (χ0n) is 18.6. The Morgan fingerprint density at radius 3 is 2.68 bits per heavy atom. The highest BCUT2D eigenvalue weighted by molar-refractivity contribution is 5.96. The number of ether oxygens (including phenoxy) is 1. The SMILES string of the molecule is CC[C@@H]1/C=C/COc2cc(F)ccc2[C@H](c2ccccc2)N2CN1C(=O)c1c(O)c(=O)ccn12. The molecule has 2 aromatic carbocycles. The number of aromatic hydroxyl groups is 1. The number of carbonyl (C=O) groups is 1. The van der Waals surface area contributed by atoms with Gasteiger partial charge >= 0.3 is 0 Å². The number of nitrogens with zero attached hydrogens (tertiary/aromatic N) is 3. The van der Waals surface area contributed by atoms with Crippen molar-refractivity contribution in [3.05, 3.63) is 106 Å². The van der Waals surface area contributed by atoms with Gasteiger partial charge in [-0.1, -0.05) is 43.3 Å². The van der Waals surface area contributed by atoms with Gasteiger partial charge in [0.15, 0.2) is 11.4 Å². The molecule has 0 saturated carbocycles. The van der Waals surface area contributed by atoms with Gasteiger partial charge in [0.2, 0.25) is 5.43 Å². The van der Waals surface area contributed by atoms with Gasteiger partial charge in [0.1, 0.15) is 30.9 Å². The lowest BCUT2D eigenvalue weighted by atomic mass is 9.96. The summed E-state index contributed by atoms with van der Waals surface area (Å²) in [4.78, 5) is 27.4. The molecule has 5 rings (SSSR count). The van der Waals surface area contributed by atoms with Gasteiger partial charge in [-0.05, 0) is 30.2 Å². The third-order valence-electron chi connectivity index (χ3n) is 6.29. The number of hydrogen-bond donors (Lipinski definition) is 1. The average Bonchev–Trinajstić information content (AvgIpc) is 2.87. The number of rotatable bonds is 2. The summed E-state index contributed by atoms with van der Waals surface area (Å²) < 4.78 is 21.7. The number of carbonyl (C=O) groups excluding carboxylic acids is 1. The Balaban J connectivity index is 1.82. The summed E-state index contributed by atoms with van der Waals surface area (Å²) >= 11 is 0. The molecule has 0 saturated heterocycles. The van der Waals surface area contributed by atoms with E-state index < -0.39 is 28.9 Å². The largest absolute Gasteiger partial charge is 0.502 e. The summed E-state index contributed by atoms with van der Waals surface area (Å²) in [6, 6.07) is 14.4. The van der Waals surface area contributed by atoms with E-state index in [1.54, 1.807) is 17.0 Å². The summed E-state index contributed by atoms with van der Waals surface area (Å²) in [5.41, 5.74) is 0.832. The van der Waals surface area contributed by atoms with Crippen LogP contribution in [-0.2, 0) is 0 Å².